The molecule has 0 radical (unpaired) electrons. The van der Waals surface area contributed by atoms with Crippen molar-refractivity contribution in [2.24, 2.45) is 5.92 Å². The van der Waals surface area contributed by atoms with Crippen molar-refractivity contribution in [2.75, 3.05) is 67.1 Å². The monoisotopic (exact) mass is 849 g/mol. The Morgan fingerprint density at radius 3 is 2.30 bits per heavy atom. The molecule has 3 aliphatic rings. The van der Waals surface area contributed by atoms with Crippen LogP contribution in [0.3, 0.4) is 0 Å². The molecule has 63 heavy (non-hydrogen) atoms. The minimum Gasteiger partial charge on any atom is -0.371 e. The Hall–Kier alpha value is -6.61. The van der Waals surface area contributed by atoms with Gasteiger partial charge in [-0.2, -0.15) is 10.1 Å². The summed E-state index contributed by atoms with van der Waals surface area (Å²) in [4.78, 5) is 55.2. The molecular formula is C48H55N11O4. The molecule has 9 rings (SSSR count). The Morgan fingerprint density at radius 1 is 0.857 bits per heavy atom. The number of imide groups is 1. The number of urea groups is 1. The van der Waals surface area contributed by atoms with Crippen LogP contribution in [-0.2, 0) is 10.2 Å². The first-order chi connectivity index (χ1) is 30.4. The Balaban J connectivity index is 0.776. The third kappa shape index (κ3) is 9.01. The molecule has 326 valence electrons. The van der Waals surface area contributed by atoms with Crippen LogP contribution in [0.5, 0.6) is 0 Å². The third-order valence-electron chi connectivity index (χ3n) is 12.7. The summed E-state index contributed by atoms with van der Waals surface area (Å²) < 4.78 is 5.32. The maximum absolute atomic E-state index is 13.0. The number of fused-ring (bicyclic) bond motifs is 1. The first kappa shape index (κ1) is 41.7. The van der Waals surface area contributed by atoms with Crippen LogP contribution >= 0.6 is 0 Å². The summed E-state index contributed by atoms with van der Waals surface area (Å²) in [6.07, 6.45) is 4.50. The molecule has 1 unspecified atom stereocenters. The number of nitrogens with one attached hydrogen (secondary N) is 3. The molecule has 6 heterocycles. The summed E-state index contributed by atoms with van der Waals surface area (Å²) >= 11 is 0. The average molecular weight is 850 g/mol. The van der Waals surface area contributed by atoms with Crippen LogP contribution in [-0.4, -0.2) is 100 Å². The number of aromatic nitrogens is 5. The highest BCUT2D eigenvalue weighted by Crippen LogP contribution is 2.33. The van der Waals surface area contributed by atoms with E-state index in [0.29, 0.717) is 24.8 Å². The number of carbonyl (C=O) groups excluding carboxylic acids is 3. The molecule has 6 aromatic rings. The SMILES string of the molecule is Cc1cc(-c2n[nH]c3ncc(-c4ccc(N5CCN(CC6CCN(c7cccc(N8CCC(=O)NC8=O)c7)CC6)CC5)cc4)cc23)ccc1C(C)NC(=O)c1noc(C(C)(C)C)n1. The quantitative estimate of drug-likeness (QED) is 0.127. The van der Waals surface area contributed by atoms with E-state index >= 15 is 0 Å². The summed E-state index contributed by atoms with van der Waals surface area (Å²) in [5, 5.41) is 18.0. The number of rotatable bonds is 10. The lowest BCUT2D eigenvalue weighted by Crippen LogP contribution is -2.49. The van der Waals surface area contributed by atoms with Crippen molar-refractivity contribution >= 4 is 45.9 Å². The van der Waals surface area contributed by atoms with Gasteiger partial charge in [-0.3, -0.25) is 29.8 Å². The molecule has 4 amide bonds. The van der Waals surface area contributed by atoms with Crippen LogP contribution in [0.2, 0.25) is 0 Å². The molecule has 15 heteroatoms. The number of hydrogen-bond acceptors (Lipinski definition) is 11. The number of aromatic amines is 1. The van der Waals surface area contributed by atoms with E-state index in [1.54, 1.807) is 4.90 Å². The second kappa shape index (κ2) is 17.3. The first-order valence-electron chi connectivity index (χ1n) is 22.0. The zero-order chi connectivity index (χ0) is 43.8. The van der Waals surface area contributed by atoms with Crippen molar-refractivity contribution in [2.45, 2.75) is 65.3 Å². The first-order valence-corrected chi connectivity index (χ1v) is 22.0. The van der Waals surface area contributed by atoms with Gasteiger partial charge in [-0.25, -0.2) is 9.78 Å². The predicted molar refractivity (Wildman–Crippen MR) is 244 cm³/mol. The normalized spacial score (nSPS) is 17.3. The highest BCUT2D eigenvalue weighted by molar-refractivity contribution is 6.05. The molecule has 3 aromatic heterocycles. The summed E-state index contributed by atoms with van der Waals surface area (Å²) in [7, 11) is 0. The van der Waals surface area contributed by atoms with Gasteiger partial charge in [0, 0.05) is 104 Å². The molecule has 15 nitrogen and oxygen atoms in total. The third-order valence-corrected chi connectivity index (χ3v) is 12.7. The van der Waals surface area contributed by atoms with Gasteiger partial charge in [-0.1, -0.05) is 56.3 Å². The number of benzene rings is 3. The average Bonchev–Trinajstić information content (AvgIpc) is 3.96. The number of piperidine rings is 1. The molecule has 0 bridgehead atoms. The fraction of sp³-hybridized carbons (Fsp3) is 0.396. The van der Waals surface area contributed by atoms with Crippen molar-refractivity contribution in [1.29, 1.82) is 0 Å². The number of anilines is 3. The number of amides is 4. The van der Waals surface area contributed by atoms with Crippen LogP contribution in [0.25, 0.3) is 33.4 Å². The minimum atomic E-state index is -0.383. The lowest BCUT2D eigenvalue weighted by Gasteiger charge is -2.40. The van der Waals surface area contributed by atoms with E-state index in [1.165, 1.54) is 5.69 Å². The lowest BCUT2D eigenvalue weighted by molar-refractivity contribution is -0.120. The Labute approximate surface area is 367 Å². The molecule has 3 N–H and O–H groups in total. The number of pyridine rings is 1. The summed E-state index contributed by atoms with van der Waals surface area (Å²) in [6, 6.07) is 24.6. The topological polar surface area (TPSA) is 169 Å². The van der Waals surface area contributed by atoms with Gasteiger partial charge in [0.25, 0.3) is 11.7 Å². The number of nitrogens with zero attached hydrogens (tertiary/aromatic N) is 8. The zero-order valence-corrected chi connectivity index (χ0v) is 36.6. The van der Waals surface area contributed by atoms with E-state index in [1.807, 2.05) is 65.1 Å². The van der Waals surface area contributed by atoms with E-state index in [9.17, 15) is 14.4 Å². The molecule has 1 atom stereocenters. The standard InChI is InChI=1S/C48H55N11O4/c1-30-25-34(11-14-39(30)31(2)50-45(61)44-52-46(63-55-44)48(3,4)5)42-40-26-35(28-49-43(40)54-53-42)33-9-12-36(13-10-33)58-23-21-56(22-24-58)29-32-15-18-57(19-16-32)37-7-6-8-38(27-37)59-20-17-41(60)51-47(59)62/h6-14,25-28,31-32H,15-24,29H2,1-5H3,(H,50,61)(H,49,53,54)(H,51,60,62). The number of aryl methyl sites for hydroxylation is 1. The molecule has 0 saturated carbocycles. The Bertz CT molecular complexity index is 2630. The molecule has 0 spiro atoms. The zero-order valence-electron chi connectivity index (χ0n) is 36.6. The number of piperazine rings is 1. The second-order valence-corrected chi connectivity index (χ2v) is 18.2. The van der Waals surface area contributed by atoms with Gasteiger partial charge in [0.05, 0.1) is 6.04 Å². The minimum absolute atomic E-state index is 0.0230. The van der Waals surface area contributed by atoms with Crippen LogP contribution in [0.1, 0.15) is 80.6 Å². The Morgan fingerprint density at radius 2 is 1.59 bits per heavy atom. The van der Waals surface area contributed by atoms with Gasteiger partial charge in [0.2, 0.25) is 11.8 Å². The molecule has 3 fully saturated rings. The molecule has 3 aliphatic heterocycles. The smallest absolute Gasteiger partial charge is 0.328 e. The number of carbonyl (C=O) groups is 3. The highest BCUT2D eigenvalue weighted by Gasteiger charge is 2.28. The maximum atomic E-state index is 13.0. The van der Waals surface area contributed by atoms with E-state index < -0.39 is 0 Å². The van der Waals surface area contributed by atoms with Crippen molar-refractivity contribution in [3.8, 4) is 22.4 Å². The summed E-state index contributed by atoms with van der Waals surface area (Å²) in [6.45, 7) is 17.4. The summed E-state index contributed by atoms with van der Waals surface area (Å²) in [5.41, 5.74) is 9.47. The fourth-order valence-corrected chi connectivity index (χ4v) is 9.01. The van der Waals surface area contributed by atoms with Gasteiger partial charge in [-0.15, -0.1) is 0 Å². The molecular weight excluding hydrogens is 795 g/mol. The van der Waals surface area contributed by atoms with Crippen molar-refractivity contribution in [3.63, 3.8) is 0 Å². The molecule has 3 saturated heterocycles. The second-order valence-electron chi connectivity index (χ2n) is 18.2. The van der Waals surface area contributed by atoms with Crippen molar-refractivity contribution < 1.29 is 18.9 Å². The fourth-order valence-electron chi connectivity index (χ4n) is 9.01. The molecule has 3 aromatic carbocycles. The van der Waals surface area contributed by atoms with Crippen molar-refractivity contribution in [3.05, 3.63) is 102 Å². The van der Waals surface area contributed by atoms with Crippen LogP contribution in [0.15, 0.2) is 83.5 Å². The van der Waals surface area contributed by atoms with Gasteiger partial charge in [0.15, 0.2) is 5.65 Å². The molecule has 0 aliphatic carbocycles. The maximum Gasteiger partial charge on any atom is 0.328 e. The highest BCUT2D eigenvalue weighted by atomic mass is 16.5. The lowest BCUT2D eigenvalue weighted by atomic mass is 9.95. The van der Waals surface area contributed by atoms with E-state index in [-0.39, 0.29) is 35.1 Å². The summed E-state index contributed by atoms with van der Waals surface area (Å²) in [5.74, 6) is 0.503. The van der Waals surface area contributed by atoms with Gasteiger partial charge >= 0.3 is 6.03 Å². The van der Waals surface area contributed by atoms with Gasteiger partial charge in [0.1, 0.15) is 5.69 Å². The number of hydrogen-bond donors (Lipinski definition) is 3. The van der Waals surface area contributed by atoms with E-state index in [4.69, 9.17) is 9.51 Å². The number of H-pyrrole nitrogens is 1. The van der Waals surface area contributed by atoms with Crippen molar-refractivity contribution in [1.82, 2.24) is 40.9 Å². The van der Waals surface area contributed by atoms with E-state index in [0.717, 1.165) is 115 Å². The van der Waals surface area contributed by atoms with Crippen LogP contribution in [0, 0.1) is 12.8 Å². The van der Waals surface area contributed by atoms with Gasteiger partial charge < -0.3 is 19.6 Å². The van der Waals surface area contributed by atoms with Crippen LogP contribution < -0.4 is 25.3 Å². The largest absolute Gasteiger partial charge is 0.371 e. The van der Waals surface area contributed by atoms with Gasteiger partial charge in [-0.05, 0) is 91.8 Å². The predicted octanol–water partition coefficient (Wildman–Crippen LogP) is 7.26. The van der Waals surface area contributed by atoms with Crippen LogP contribution in [0.4, 0.5) is 21.9 Å². The Kier molecular flexibility index (Phi) is 11.4. The van der Waals surface area contributed by atoms with E-state index in [2.05, 4.69) is 94.2 Å².